The van der Waals surface area contributed by atoms with E-state index in [-0.39, 0.29) is 29.5 Å². The number of carbonyl (C=O) groups excluding carboxylic acids is 1. The summed E-state index contributed by atoms with van der Waals surface area (Å²) in [7, 11) is 0. The summed E-state index contributed by atoms with van der Waals surface area (Å²) in [4.78, 5) is 25.9. The zero-order chi connectivity index (χ0) is 26.8. The van der Waals surface area contributed by atoms with Crippen molar-refractivity contribution < 1.29 is 19.4 Å². The van der Waals surface area contributed by atoms with Crippen LogP contribution in [0.5, 0.6) is 0 Å². The quantitative estimate of drug-likeness (QED) is 0.338. The number of ether oxygens (including phenoxy) is 1. The van der Waals surface area contributed by atoms with Crippen molar-refractivity contribution in [3.05, 3.63) is 0 Å². The van der Waals surface area contributed by atoms with E-state index in [0.717, 1.165) is 48.9 Å². The maximum atomic E-state index is 12.7. The number of rotatable bonds is 9. The highest BCUT2D eigenvalue weighted by Crippen LogP contribution is 2.74. The zero-order valence-corrected chi connectivity index (χ0v) is 24.4. The number of epoxide rings is 1. The van der Waals surface area contributed by atoms with Crippen LogP contribution < -0.4 is 0 Å². The van der Waals surface area contributed by atoms with E-state index in [1.54, 1.807) is 4.90 Å². The fourth-order valence-corrected chi connectivity index (χ4v) is 10.7. The number of fused-ring (bicyclic) bond motifs is 4. The Bertz CT molecular complexity index is 888. The minimum atomic E-state index is -0.912. The Balaban J connectivity index is 1.31. The Morgan fingerprint density at radius 3 is 2.46 bits per heavy atom. The van der Waals surface area contributed by atoms with E-state index in [9.17, 15) is 14.7 Å². The average Bonchev–Trinajstić information content (AvgIpc) is 3.42. The Hall–Kier alpha value is -1.10. The lowest BCUT2D eigenvalue weighted by Crippen LogP contribution is -2.60. The van der Waals surface area contributed by atoms with Crippen molar-refractivity contribution in [3.8, 4) is 0 Å². The molecule has 4 saturated carbocycles. The second-order valence-corrected chi connectivity index (χ2v) is 14.7. The first-order valence-electron chi connectivity index (χ1n) is 15.7. The molecule has 0 aromatic heterocycles. The van der Waals surface area contributed by atoms with Crippen molar-refractivity contribution in [3.63, 3.8) is 0 Å². The van der Waals surface area contributed by atoms with E-state index >= 15 is 0 Å². The van der Waals surface area contributed by atoms with Crippen LogP contribution in [0.2, 0.25) is 0 Å². The topological polar surface area (TPSA) is 70.1 Å². The number of carboxylic acids is 1. The monoisotopic (exact) mass is 515 g/mol. The molecule has 0 radical (unpaired) electrons. The van der Waals surface area contributed by atoms with Gasteiger partial charge in [0.15, 0.2) is 0 Å². The average molecular weight is 516 g/mol. The Kier molecular flexibility index (Phi) is 7.29. The molecule has 210 valence electrons. The SMILES string of the molecule is CCC(=O)N(CC(=O)O)[C@H]1CC[C@]2(C)[C@H]3CC[C@]4(C)[C@@H](C(C)CCCC(C)C)CC[C@H]4[C@@H]3C[C@@H]3OC32C1. The van der Waals surface area contributed by atoms with Crippen LogP contribution in [0.1, 0.15) is 119 Å². The predicted octanol–water partition coefficient (Wildman–Crippen LogP) is 6.93. The first-order valence-corrected chi connectivity index (χ1v) is 15.7. The molecule has 5 rings (SSSR count). The first kappa shape index (κ1) is 27.5. The summed E-state index contributed by atoms with van der Waals surface area (Å²) in [5, 5.41) is 9.49. The van der Waals surface area contributed by atoms with E-state index < -0.39 is 5.97 Å². The molecule has 1 heterocycles. The molecule has 1 amide bonds. The lowest BCUT2D eigenvalue weighted by atomic mass is 9.44. The predicted molar refractivity (Wildman–Crippen MR) is 146 cm³/mol. The summed E-state index contributed by atoms with van der Waals surface area (Å²) < 4.78 is 6.71. The number of amides is 1. The molecule has 2 unspecified atom stereocenters. The van der Waals surface area contributed by atoms with Crippen molar-refractivity contribution in [2.75, 3.05) is 6.54 Å². The van der Waals surface area contributed by atoms with Crippen LogP contribution in [0.25, 0.3) is 0 Å². The third kappa shape index (κ3) is 4.38. The molecule has 5 aliphatic rings. The highest BCUT2D eigenvalue weighted by molar-refractivity contribution is 5.81. The molecule has 37 heavy (non-hydrogen) atoms. The summed E-state index contributed by atoms with van der Waals surface area (Å²) in [6.07, 6.45) is 14.2. The zero-order valence-electron chi connectivity index (χ0n) is 24.4. The highest BCUT2D eigenvalue weighted by atomic mass is 16.6. The van der Waals surface area contributed by atoms with Crippen LogP contribution in [-0.4, -0.2) is 46.2 Å². The fourth-order valence-electron chi connectivity index (χ4n) is 10.7. The van der Waals surface area contributed by atoms with Gasteiger partial charge in [0, 0.05) is 17.9 Å². The van der Waals surface area contributed by atoms with E-state index in [1.165, 1.54) is 51.4 Å². The molecule has 4 aliphatic carbocycles. The molecular formula is C32H53NO4. The molecule has 1 aliphatic heterocycles. The van der Waals surface area contributed by atoms with Gasteiger partial charge in [0.1, 0.15) is 12.1 Å². The van der Waals surface area contributed by atoms with Gasteiger partial charge in [0.25, 0.3) is 0 Å². The van der Waals surface area contributed by atoms with Gasteiger partial charge in [-0.1, -0.05) is 60.8 Å². The molecular weight excluding hydrogens is 462 g/mol. The number of nitrogens with zero attached hydrogens (tertiary/aromatic N) is 1. The lowest BCUT2D eigenvalue weighted by molar-refractivity contribution is -0.150. The smallest absolute Gasteiger partial charge is 0.323 e. The van der Waals surface area contributed by atoms with Crippen LogP contribution in [0, 0.1) is 46.3 Å². The molecule has 5 nitrogen and oxygen atoms in total. The minimum Gasteiger partial charge on any atom is -0.480 e. The van der Waals surface area contributed by atoms with Crippen LogP contribution >= 0.6 is 0 Å². The Morgan fingerprint density at radius 2 is 1.78 bits per heavy atom. The molecule has 5 fully saturated rings. The van der Waals surface area contributed by atoms with Gasteiger partial charge in [0.2, 0.25) is 5.91 Å². The number of aliphatic carboxylic acids is 1. The minimum absolute atomic E-state index is 0.00502. The molecule has 1 spiro atoms. The Morgan fingerprint density at radius 1 is 1.03 bits per heavy atom. The Labute approximate surface area is 225 Å². The van der Waals surface area contributed by atoms with Crippen LogP contribution in [0.15, 0.2) is 0 Å². The summed E-state index contributed by atoms with van der Waals surface area (Å²) in [6.45, 7) is 14.1. The third-order valence-electron chi connectivity index (χ3n) is 12.6. The van der Waals surface area contributed by atoms with Gasteiger partial charge >= 0.3 is 5.97 Å². The first-order chi connectivity index (χ1) is 17.5. The van der Waals surface area contributed by atoms with Crippen LogP contribution in [0.4, 0.5) is 0 Å². The molecule has 1 N–H and O–H groups in total. The third-order valence-corrected chi connectivity index (χ3v) is 12.6. The van der Waals surface area contributed by atoms with E-state index in [2.05, 4.69) is 34.6 Å². The number of hydrogen-bond donors (Lipinski definition) is 1. The lowest BCUT2D eigenvalue weighted by Gasteiger charge is -2.60. The number of carboxylic acid groups (broad SMARTS) is 1. The second kappa shape index (κ2) is 9.82. The van der Waals surface area contributed by atoms with Gasteiger partial charge in [-0.3, -0.25) is 9.59 Å². The molecule has 1 saturated heterocycles. The molecule has 0 aromatic rings. The van der Waals surface area contributed by atoms with Gasteiger partial charge in [-0.15, -0.1) is 0 Å². The van der Waals surface area contributed by atoms with Crippen molar-refractivity contribution in [2.45, 2.75) is 136 Å². The standard InChI is InChI=1S/C32H53NO4/c1-7-28(34)33(19-29(35)36)22-13-16-31(6)26-14-15-30(5)24(21(4)10-8-9-20(2)3)11-12-25(30)23(26)17-27-32(31,18-22)37-27/h20-27H,7-19H2,1-6H3,(H,35,36)/t21?,22-,23-,24+,25-,26-,27-,30+,31+,32?/m0/s1. The van der Waals surface area contributed by atoms with Gasteiger partial charge < -0.3 is 14.7 Å². The van der Waals surface area contributed by atoms with Crippen molar-refractivity contribution >= 4 is 11.9 Å². The second-order valence-electron chi connectivity index (χ2n) is 14.7. The van der Waals surface area contributed by atoms with E-state index in [4.69, 9.17) is 4.74 Å². The largest absolute Gasteiger partial charge is 0.480 e. The summed E-state index contributed by atoms with van der Waals surface area (Å²) in [5.74, 6) is 3.85. The summed E-state index contributed by atoms with van der Waals surface area (Å²) in [5.41, 5.74) is 0.494. The molecule has 10 atom stereocenters. The van der Waals surface area contributed by atoms with E-state index in [0.29, 0.717) is 23.9 Å². The van der Waals surface area contributed by atoms with Crippen LogP contribution in [-0.2, 0) is 14.3 Å². The van der Waals surface area contributed by atoms with Crippen molar-refractivity contribution in [1.82, 2.24) is 4.90 Å². The normalized spacial score (nSPS) is 44.8. The summed E-state index contributed by atoms with van der Waals surface area (Å²) in [6, 6.07) is -0.00502. The van der Waals surface area contributed by atoms with Crippen molar-refractivity contribution in [1.29, 1.82) is 0 Å². The fraction of sp³-hybridized carbons (Fsp3) is 0.938. The number of carbonyl (C=O) groups is 2. The summed E-state index contributed by atoms with van der Waals surface area (Å²) >= 11 is 0. The molecule has 5 heteroatoms. The highest BCUT2D eigenvalue weighted by Gasteiger charge is 2.76. The van der Waals surface area contributed by atoms with Gasteiger partial charge in [-0.05, 0) is 92.3 Å². The molecule has 0 bridgehead atoms. The maximum Gasteiger partial charge on any atom is 0.323 e. The molecule has 0 aromatic carbocycles. The van der Waals surface area contributed by atoms with Gasteiger partial charge in [0.05, 0.1) is 6.10 Å². The number of hydrogen-bond acceptors (Lipinski definition) is 3. The van der Waals surface area contributed by atoms with Crippen LogP contribution in [0.3, 0.4) is 0 Å². The maximum absolute atomic E-state index is 12.7. The van der Waals surface area contributed by atoms with Crippen molar-refractivity contribution in [2.24, 2.45) is 46.3 Å². The van der Waals surface area contributed by atoms with Gasteiger partial charge in [-0.25, -0.2) is 0 Å². The van der Waals surface area contributed by atoms with Gasteiger partial charge in [-0.2, -0.15) is 0 Å². The van der Waals surface area contributed by atoms with E-state index in [1.807, 2.05) is 6.92 Å².